The fraction of sp³-hybridized carbons (Fsp3) is 0.556. The molecule has 0 aliphatic carbocycles. The van der Waals surface area contributed by atoms with E-state index in [0.717, 1.165) is 19.3 Å². The molecule has 0 saturated heterocycles. The summed E-state index contributed by atoms with van der Waals surface area (Å²) in [6.07, 6.45) is 11.2. The molecule has 0 aromatic heterocycles. The van der Waals surface area contributed by atoms with E-state index in [1.54, 1.807) is 0 Å². The summed E-state index contributed by atoms with van der Waals surface area (Å²) in [5.41, 5.74) is 0. The van der Waals surface area contributed by atoms with Crippen molar-refractivity contribution >= 4 is 0 Å². The van der Waals surface area contributed by atoms with E-state index in [1.165, 1.54) is 0 Å². The monoisotopic (exact) mass is 140 g/mol. The third kappa shape index (κ3) is 7.44. The number of hydrogen-bond donors (Lipinski definition) is 1. The van der Waals surface area contributed by atoms with Gasteiger partial charge in [-0.15, -0.1) is 0 Å². The van der Waals surface area contributed by atoms with E-state index >= 15 is 0 Å². The lowest BCUT2D eigenvalue weighted by Crippen LogP contribution is -1.74. The fourth-order valence-corrected chi connectivity index (χ4v) is 0.630. The standard InChI is InChI=1S/C9H16O/c1-2-3-4-5-6-7-8-9-10/h3-4,6-7,10H,2,5,8-9H2,1H3/b4-3?,7-6-. The van der Waals surface area contributed by atoms with Gasteiger partial charge in [0.15, 0.2) is 0 Å². The Morgan fingerprint density at radius 1 is 1.10 bits per heavy atom. The largest absolute Gasteiger partial charge is 0.396 e. The van der Waals surface area contributed by atoms with Crippen LogP contribution in [-0.4, -0.2) is 11.7 Å². The summed E-state index contributed by atoms with van der Waals surface area (Å²) in [4.78, 5) is 0. The van der Waals surface area contributed by atoms with Crippen LogP contribution in [0.2, 0.25) is 0 Å². The van der Waals surface area contributed by atoms with Crippen LogP contribution in [0.1, 0.15) is 26.2 Å². The van der Waals surface area contributed by atoms with Gasteiger partial charge in [0.05, 0.1) is 0 Å². The van der Waals surface area contributed by atoms with Crippen LogP contribution in [0.5, 0.6) is 0 Å². The van der Waals surface area contributed by atoms with Crippen molar-refractivity contribution in [3.63, 3.8) is 0 Å². The lowest BCUT2D eigenvalue weighted by atomic mass is 10.3. The highest BCUT2D eigenvalue weighted by molar-refractivity contribution is 4.92. The van der Waals surface area contributed by atoms with Gasteiger partial charge in [-0.1, -0.05) is 31.2 Å². The molecule has 0 heterocycles. The average Bonchev–Trinajstić information content (AvgIpc) is 1.97. The van der Waals surface area contributed by atoms with Crippen molar-refractivity contribution in [2.24, 2.45) is 0 Å². The molecule has 0 aliphatic heterocycles. The van der Waals surface area contributed by atoms with Crippen LogP contribution in [0.15, 0.2) is 24.3 Å². The van der Waals surface area contributed by atoms with Crippen molar-refractivity contribution in [2.75, 3.05) is 6.61 Å². The number of rotatable bonds is 5. The zero-order valence-corrected chi connectivity index (χ0v) is 6.59. The summed E-state index contributed by atoms with van der Waals surface area (Å²) < 4.78 is 0. The Balaban J connectivity index is 3.09. The molecule has 0 fully saturated rings. The Morgan fingerprint density at radius 3 is 2.40 bits per heavy atom. The van der Waals surface area contributed by atoms with Crippen molar-refractivity contribution < 1.29 is 5.11 Å². The molecule has 10 heavy (non-hydrogen) atoms. The molecule has 0 spiro atoms. The van der Waals surface area contributed by atoms with Gasteiger partial charge in [0.25, 0.3) is 0 Å². The summed E-state index contributed by atoms with van der Waals surface area (Å²) in [7, 11) is 0. The second-order valence-corrected chi connectivity index (χ2v) is 2.10. The summed E-state index contributed by atoms with van der Waals surface area (Å²) in [5.74, 6) is 0. The van der Waals surface area contributed by atoms with E-state index in [4.69, 9.17) is 5.11 Å². The quantitative estimate of drug-likeness (QED) is 0.581. The van der Waals surface area contributed by atoms with Gasteiger partial charge in [0.1, 0.15) is 0 Å². The lowest BCUT2D eigenvalue weighted by Gasteiger charge is -1.83. The van der Waals surface area contributed by atoms with E-state index in [9.17, 15) is 0 Å². The molecule has 0 bridgehead atoms. The molecule has 0 atom stereocenters. The van der Waals surface area contributed by atoms with Gasteiger partial charge in [-0.3, -0.25) is 0 Å². The summed E-state index contributed by atoms with van der Waals surface area (Å²) in [5, 5.41) is 8.40. The lowest BCUT2D eigenvalue weighted by molar-refractivity contribution is 0.302. The summed E-state index contributed by atoms with van der Waals surface area (Å²) in [6.45, 7) is 2.38. The van der Waals surface area contributed by atoms with Crippen LogP contribution in [0.25, 0.3) is 0 Å². The maximum absolute atomic E-state index is 8.40. The maximum Gasteiger partial charge on any atom is 0.0465 e. The van der Waals surface area contributed by atoms with Crippen molar-refractivity contribution in [3.05, 3.63) is 24.3 Å². The van der Waals surface area contributed by atoms with Crippen LogP contribution >= 0.6 is 0 Å². The molecule has 0 aromatic rings. The predicted octanol–water partition coefficient (Wildman–Crippen LogP) is 2.28. The second-order valence-electron chi connectivity index (χ2n) is 2.10. The van der Waals surface area contributed by atoms with Gasteiger partial charge in [-0.05, 0) is 19.3 Å². The minimum absolute atomic E-state index is 0.258. The van der Waals surface area contributed by atoms with Crippen molar-refractivity contribution in [1.29, 1.82) is 0 Å². The summed E-state index contributed by atoms with van der Waals surface area (Å²) >= 11 is 0. The predicted molar refractivity (Wildman–Crippen MR) is 44.9 cm³/mol. The van der Waals surface area contributed by atoms with Crippen LogP contribution in [0.4, 0.5) is 0 Å². The molecule has 1 heteroatoms. The van der Waals surface area contributed by atoms with E-state index in [0.29, 0.717) is 0 Å². The highest BCUT2D eigenvalue weighted by atomic mass is 16.2. The van der Waals surface area contributed by atoms with Crippen molar-refractivity contribution in [2.45, 2.75) is 26.2 Å². The Hall–Kier alpha value is -0.560. The minimum atomic E-state index is 0.258. The zero-order valence-electron chi connectivity index (χ0n) is 6.59. The first-order valence-corrected chi connectivity index (χ1v) is 3.82. The first kappa shape index (κ1) is 9.44. The highest BCUT2D eigenvalue weighted by Crippen LogP contribution is 1.89. The summed E-state index contributed by atoms with van der Waals surface area (Å²) in [6, 6.07) is 0. The normalized spacial score (nSPS) is 11.8. The average molecular weight is 140 g/mol. The third-order valence-corrected chi connectivity index (χ3v) is 1.14. The third-order valence-electron chi connectivity index (χ3n) is 1.14. The number of allylic oxidation sites excluding steroid dienone is 3. The Morgan fingerprint density at radius 2 is 1.80 bits per heavy atom. The molecule has 58 valence electrons. The van der Waals surface area contributed by atoms with E-state index < -0.39 is 0 Å². The van der Waals surface area contributed by atoms with Crippen LogP contribution in [0, 0.1) is 0 Å². The SMILES string of the molecule is CCC=CC/C=C\CCO. The van der Waals surface area contributed by atoms with Crippen molar-refractivity contribution in [3.8, 4) is 0 Å². The Kier molecular flexibility index (Phi) is 7.97. The molecule has 1 nitrogen and oxygen atoms in total. The number of hydrogen-bond acceptors (Lipinski definition) is 1. The molecule has 0 radical (unpaired) electrons. The van der Waals surface area contributed by atoms with Gasteiger partial charge in [-0.2, -0.15) is 0 Å². The number of aliphatic hydroxyl groups is 1. The number of aliphatic hydroxyl groups excluding tert-OH is 1. The molecule has 1 N–H and O–H groups in total. The molecular weight excluding hydrogens is 124 g/mol. The first-order valence-electron chi connectivity index (χ1n) is 3.82. The minimum Gasteiger partial charge on any atom is -0.396 e. The first-order chi connectivity index (χ1) is 4.91. The molecule has 0 unspecified atom stereocenters. The molecular formula is C9H16O. The van der Waals surface area contributed by atoms with Crippen molar-refractivity contribution in [1.82, 2.24) is 0 Å². The molecule has 0 saturated carbocycles. The van der Waals surface area contributed by atoms with Crippen LogP contribution < -0.4 is 0 Å². The van der Waals surface area contributed by atoms with E-state index in [-0.39, 0.29) is 6.61 Å². The highest BCUT2D eigenvalue weighted by Gasteiger charge is 1.72. The fourth-order valence-electron chi connectivity index (χ4n) is 0.630. The Labute approximate surface area is 63.1 Å². The zero-order chi connectivity index (χ0) is 7.66. The van der Waals surface area contributed by atoms with Gasteiger partial charge < -0.3 is 5.11 Å². The van der Waals surface area contributed by atoms with E-state index in [2.05, 4.69) is 25.2 Å². The Bertz CT molecular complexity index is 103. The second kappa shape index (κ2) is 8.44. The van der Waals surface area contributed by atoms with Gasteiger partial charge in [0, 0.05) is 6.61 Å². The molecule has 0 aromatic carbocycles. The molecule has 0 aliphatic rings. The van der Waals surface area contributed by atoms with Crippen LogP contribution in [-0.2, 0) is 0 Å². The van der Waals surface area contributed by atoms with E-state index in [1.807, 2.05) is 6.08 Å². The smallest absolute Gasteiger partial charge is 0.0465 e. The van der Waals surface area contributed by atoms with Gasteiger partial charge in [0.2, 0.25) is 0 Å². The molecule has 0 rings (SSSR count). The van der Waals surface area contributed by atoms with Crippen LogP contribution in [0.3, 0.4) is 0 Å². The van der Waals surface area contributed by atoms with Gasteiger partial charge in [-0.25, -0.2) is 0 Å². The topological polar surface area (TPSA) is 20.2 Å². The maximum atomic E-state index is 8.40. The van der Waals surface area contributed by atoms with Gasteiger partial charge >= 0.3 is 0 Å². The molecule has 0 amide bonds.